The maximum absolute atomic E-state index is 13.3. The van der Waals surface area contributed by atoms with Gasteiger partial charge in [0.1, 0.15) is 11.5 Å². The van der Waals surface area contributed by atoms with E-state index in [-0.39, 0.29) is 17.9 Å². The number of carbonyl (C=O) groups excluding carboxylic acids is 1. The Morgan fingerprint density at radius 1 is 1.00 bits per heavy atom. The molecule has 2 aromatic rings. The topological polar surface area (TPSA) is 59.0 Å². The van der Waals surface area contributed by atoms with Crippen LogP contribution in [0.15, 0.2) is 54.6 Å². The minimum atomic E-state index is -0.695. The number of benzene rings is 2. The van der Waals surface area contributed by atoms with Gasteiger partial charge in [-0.3, -0.25) is 4.79 Å². The number of fused-ring (bicyclic) bond motifs is 1. The van der Waals surface area contributed by atoms with E-state index in [0.717, 1.165) is 48.3 Å². The molecule has 2 aromatic carbocycles. The molecule has 1 aliphatic heterocycles. The summed E-state index contributed by atoms with van der Waals surface area (Å²) in [6, 6.07) is 15.4. The summed E-state index contributed by atoms with van der Waals surface area (Å²) in [5, 5.41) is 11.4. The predicted molar refractivity (Wildman–Crippen MR) is 121 cm³/mol. The Kier molecular flexibility index (Phi) is 6.33. The molecule has 0 bridgehead atoms. The number of hydrogen-bond donors (Lipinski definition) is 1. The third-order valence-corrected chi connectivity index (χ3v) is 6.84. The molecule has 4 rings (SSSR count). The first kappa shape index (κ1) is 21.4. The Hall–Kier alpha value is -2.79. The van der Waals surface area contributed by atoms with Crippen molar-refractivity contribution in [3.8, 4) is 11.5 Å². The Balaban J connectivity index is 1.61. The highest BCUT2D eigenvalue weighted by atomic mass is 16.5. The highest BCUT2D eigenvalue weighted by Crippen LogP contribution is 2.49. The molecule has 1 heterocycles. The van der Waals surface area contributed by atoms with Crippen molar-refractivity contribution in [2.24, 2.45) is 5.92 Å². The first-order chi connectivity index (χ1) is 15.0. The van der Waals surface area contributed by atoms with E-state index in [4.69, 9.17) is 9.47 Å². The average molecular weight is 422 g/mol. The standard InChI is InChI=1S/C26H31NO4/c1-30-21-11-6-19(7-12-21)8-15-24(28)27-18-17-26(29)16-4-3-5-23(26)25(27)20-9-13-22(31-2)14-10-20/h6-15,23,25,29H,3-5,16-18H2,1-2H3. The zero-order valence-corrected chi connectivity index (χ0v) is 18.3. The number of rotatable bonds is 5. The van der Waals surface area contributed by atoms with Gasteiger partial charge in [0.15, 0.2) is 0 Å². The lowest BCUT2D eigenvalue weighted by Gasteiger charge is -2.52. The van der Waals surface area contributed by atoms with Crippen molar-refractivity contribution < 1.29 is 19.4 Å². The lowest BCUT2D eigenvalue weighted by atomic mass is 9.66. The fraction of sp³-hybridized carbons (Fsp3) is 0.423. The van der Waals surface area contributed by atoms with E-state index >= 15 is 0 Å². The molecule has 2 fully saturated rings. The number of likely N-dealkylation sites (tertiary alicyclic amines) is 1. The van der Waals surface area contributed by atoms with Gasteiger partial charge in [-0.2, -0.15) is 0 Å². The van der Waals surface area contributed by atoms with Gasteiger partial charge >= 0.3 is 0 Å². The van der Waals surface area contributed by atoms with Crippen LogP contribution in [0.2, 0.25) is 0 Å². The second-order valence-corrected chi connectivity index (χ2v) is 8.56. The number of hydrogen-bond acceptors (Lipinski definition) is 4. The van der Waals surface area contributed by atoms with Crippen LogP contribution in [-0.4, -0.2) is 42.3 Å². The van der Waals surface area contributed by atoms with Crippen LogP contribution in [0, 0.1) is 5.92 Å². The number of carbonyl (C=O) groups is 1. The van der Waals surface area contributed by atoms with Crippen molar-refractivity contribution in [3.05, 3.63) is 65.7 Å². The average Bonchev–Trinajstić information content (AvgIpc) is 2.82. The van der Waals surface area contributed by atoms with E-state index < -0.39 is 5.60 Å². The Bertz CT molecular complexity index is 921. The van der Waals surface area contributed by atoms with Crippen molar-refractivity contribution in [1.82, 2.24) is 4.90 Å². The number of nitrogens with zero attached hydrogens (tertiary/aromatic N) is 1. The molecule has 1 saturated carbocycles. The second kappa shape index (κ2) is 9.15. The molecule has 5 heteroatoms. The quantitative estimate of drug-likeness (QED) is 0.716. The van der Waals surface area contributed by atoms with Gasteiger partial charge < -0.3 is 19.5 Å². The van der Waals surface area contributed by atoms with E-state index in [2.05, 4.69) is 0 Å². The summed E-state index contributed by atoms with van der Waals surface area (Å²) in [7, 11) is 3.28. The van der Waals surface area contributed by atoms with Gasteiger partial charge in [-0.05, 0) is 60.7 Å². The zero-order valence-electron chi connectivity index (χ0n) is 18.3. The van der Waals surface area contributed by atoms with Gasteiger partial charge in [-0.1, -0.05) is 37.1 Å². The van der Waals surface area contributed by atoms with E-state index in [0.29, 0.717) is 13.0 Å². The first-order valence-corrected chi connectivity index (χ1v) is 11.0. The predicted octanol–water partition coefficient (Wildman–Crippen LogP) is 4.61. The number of methoxy groups -OCH3 is 2. The molecular weight excluding hydrogens is 390 g/mol. The zero-order chi connectivity index (χ0) is 21.8. The molecule has 1 aliphatic carbocycles. The number of aliphatic hydroxyl groups is 1. The summed E-state index contributed by atoms with van der Waals surface area (Å²) in [4.78, 5) is 15.2. The SMILES string of the molecule is COc1ccc(C=CC(=O)N2CCC3(O)CCCCC3C2c2ccc(OC)cc2)cc1. The van der Waals surface area contributed by atoms with Crippen molar-refractivity contribution in [3.63, 3.8) is 0 Å². The summed E-state index contributed by atoms with van der Waals surface area (Å²) in [5.74, 6) is 1.59. The smallest absolute Gasteiger partial charge is 0.247 e. The summed E-state index contributed by atoms with van der Waals surface area (Å²) in [5.41, 5.74) is 1.30. The molecule has 31 heavy (non-hydrogen) atoms. The maximum Gasteiger partial charge on any atom is 0.247 e. The van der Waals surface area contributed by atoms with E-state index in [9.17, 15) is 9.90 Å². The van der Waals surface area contributed by atoms with E-state index in [1.54, 1.807) is 20.3 Å². The van der Waals surface area contributed by atoms with Gasteiger partial charge in [0, 0.05) is 18.5 Å². The summed E-state index contributed by atoms with van der Waals surface area (Å²) >= 11 is 0. The van der Waals surface area contributed by atoms with Gasteiger partial charge in [0.25, 0.3) is 0 Å². The molecule has 164 valence electrons. The molecule has 1 saturated heterocycles. The first-order valence-electron chi connectivity index (χ1n) is 11.0. The molecule has 5 nitrogen and oxygen atoms in total. The number of amides is 1. The van der Waals surface area contributed by atoms with Crippen molar-refractivity contribution in [2.75, 3.05) is 20.8 Å². The van der Waals surface area contributed by atoms with Crippen LogP contribution >= 0.6 is 0 Å². The van der Waals surface area contributed by atoms with E-state index in [1.165, 1.54) is 0 Å². The van der Waals surface area contributed by atoms with Gasteiger partial charge in [0.2, 0.25) is 5.91 Å². The van der Waals surface area contributed by atoms with Crippen LogP contribution in [0.25, 0.3) is 6.08 Å². The van der Waals surface area contributed by atoms with Crippen LogP contribution in [0.1, 0.15) is 49.3 Å². The van der Waals surface area contributed by atoms with Crippen LogP contribution in [0.4, 0.5) is 0 Å². The lowest BCUT2D eigenvalue weighted by molar-refractivity contribution is -0.150. The summed E-state index contributed by atoms with van der Waals surface area (Å²) < 4.78 is 10.5. The molecule has 0 radical (unpaired) electrons. The fourth-order valence-electron chi connectivity index (χ4n) is 5.12. The maximum atomic E-state index is 13.3. The Morgan fingerprint density at radius 3 is 2.29 bits per heavy atom. The monoisotopic (exact) mass is 421 g/mol. The molecule has 0 spiro atoms. The number of ether oxygens (including phenoxy) is 2. The largest absolute Gasteiger partial charge is 0.497 e. The third kappa shape index (κ3) is 4.47. The number of piperidine rings is 1. The van der Waals surface area contributed by atoms with E-state index in [1.807, 2.05) is 59.5 Å². The molecule has 1 amide bonds. The van der Waals surface area contributed by atoms with Crippen molar-refractivity contribution in [2.45, 2.75) is 43.7 Å². The minimum absolute atomic E-state index is 0.0238. The summed E-state index contributed by atoms with van der Waals surface area (Å²) in [6.07, 6.45) is 8.00. The molecule has 0 aromatic heterocycles. The Labute approximate surface area is 184 Å². The normalized spacial score (nSPS) is 25.8. The van der Waals surface area contributed by atoms with Gasteiger partial charge in [-0.25, -0.2) is 0 Å². The summed E-state index contributed by atoms with van der Waals surface area (Å²) in [6.45, 7) is 0.551. The van der Waals surface area contributed by atoms with Crippen LogP contribution < -0.4 is 9.47 Å². The van der Waals surface area contributed by atoms with Crippen LogP contribution in [-0.2, 0) is 4.79 Å². The molecular formula is C26H31NO4. The fourth-order valence-corrected chi connectivity index (χ4v) is 5.12. The molecule has 1 N–H and O–H groups in total. The second-order valence-electron chi connectivity index (χ2n) is 8.56. The van der Waals surface area contributed by atoms with Gasteiger partial charge in [0.05, 0.1) is 25.9 Å². The van der Waals surface area contributed by atoms with Crippen LogP contribution in [0.3, 0.4) is 0 Å². The van der Waals surface area contributed by atoms with Crippen molar-refractivity contribution >= 4 is 12.0 Å². The third-order valence-electron chi connectivity index (χ3n) is 6.84. The van der Waals surface area contributed by atoms with Crippen LogP contribution in [0.5, 0.6) is 11.5 Å². The van der Waals surface area contributed by atoms with Crippen molar-refractivity contribution in [1.29, 1.82) is 0 Å². The lowest BCUT2D eigenvalue weighted by Crippen LogP contribution is -2.56. The highest BCUT2D eigenvalue weighted by molar-refractivity contribution is 5.92. The highest BCUT2D eigenvalue weighted by Gasteiger charge is 2.49. The molecule has 3 atom stereocenters. The Morgan fingerprint density at radius 2 is 1.65 bits per heavy atom. The minimum Gasteiger partial charge on any atom is -0.497 e. The molecule has 2 aliphatic rings. The molecule has 3 unspecified atom stereocenters. The van der Waals surface area contributed by atoms with Gasteiger partial charge in [-0.15, -0.1) is 0 Å².